The number of aromatic nitrogens is 2. The molecule has 19 heavy (non-hydrogen) atoms. The van der Waals surface area contributed by atoms with Crippen LogP contribution in [0.5, 0.6) is 0 Å². The molecule has 3 nitrogen and oxygen atoms in total. The molecule has 1 aromatic rings. The maximum absolute atomic E-state index is 10.7. The molecule has 0 saturated heterocycles. The van der Waals surface area contributed by atoms with Crippen LogP contribution in [0.3, 0.4) is 0 Å². The Kier molecular flexibility index (Phi) is 5.71. The van der Waals surface area contributed by atoms with Crippen LogP contribution in [0, 0.1) is 5.92 Å². The topological polar surface area (TPSA) is 38.0 Å². The highest BCUT2D eigenvalue weighted by atomic mass is 35.5. The van der Waals surface area contributed by atoms with E-state index in [4.69, 9.17) is 11.6 Å². The lowest BCUT2D eigenvalue weighted by molar-refractivity contribution is 0.0828. The van der Waals surface area contributed by atoms with Crippen molar-refractivity contribution >= 4 is 11.6 Å². The predicted octanol–water partition coefficient (Wildman–Crippen LogP) is 4.34. The van der Waals surface area contributed by atoms with Gasteiger partial charge in [-0.25, -0.2) is 0 Å². The van der Waals surface area contributed by atoms with E-state index in [2.05, 4.69) is 12.0 Å². The van der Waals surface area contributed by atoms with Gasteiger partial charge < -0.3 is 5.11 Å². The van der Waals surface area contributed by atoms with Crippen molar-refractivity contribution in [1.29, 1.82) is 0 Å². The summed E-state index contributed by atoms with van der Waals surface area (Å²) in [7, 11) is 0. The van der Waals surface area contributed by atoms with Crippen LogP contribution in [0.4, 0.5) is 0 Å². The summed E-state index contributed by atoms with van der Waals surface area (Å²) < 4.78 is 1.88. The first-order chi connectivity index (χ1) is 9.24. The SMILES string of the molecule is CCCn1ncc(Cl)c1C(O)C1CCCCCCC1. The molecule has 0 bridgehead atoms. The number of hydrogen-bond donors (Lipinski definition) is 1. The summed E-state index contributed by atoms with van der Waals surface area (Å²) in [5.41, 5.74) is 0.828. The summed E-state index contributed by atoms with van der Waals surface area (Å²) in [6.07, 6.45) is 10.8. The lowest BCUT2D eigenvalue weighted by Gasteiger charge is -2.25. The fraction of sp³-hybridized carbons (Fsp3) is 0.800. The molecule has 1 aliphatic rings. The van der Waals surface area contributed by atoms with Crippen molar-refractivity contribution in [1.82, 2.24) is 9.78 Å². The molecule has 0 radical (unpaired) electrons. The molecule has 1 saturated carbocycles. The van der Waals surface area contributed by atoms with Gasteiger partial charge in [0, 0.05) is 6.54 Å². The van der Waals surface area contributed by atoms with Gasteiger partial charge >= 0.3 is 0 Å². The summed E-state index contributed by atoms with van der Waals surface area (Å²) in [6.45, 7) is 2.94. The Balaban J connectivity index is 2.12. The van der Waals surface area contributed by atoms with Gasteiger partial charge in [0.1, 0.15) is 0 Å². The number of nitrogens with zero attached hydrogens (tertiary/aromatic N) is 2. The van der Waals surface area contributed by atoms with Gasteiger partial charge in [-0.1, -0.05) is 50.6 Å². The van der Waals surface area contributed by atoms with Crippen LogP contribution >= 0.6 is 11.6 Å². The molecule has 1 N–H and O–H groups in total. The van der Waals surface area contributed by atoms with Crippen LogP contribution in [-0.2, 0) is 6.54 Å². The maximum atomic E-state index is 10.7. The van der Waals surface area contributed by atoms with Crippen molar-refractivity contribution in [3.63, 3.8) is 0 Å². The zero-order valence-electron chi connectivity index (χ0n) is 11.8. The molecule has 1 unspecified atom stereocenters. The van der Waals surface area contributed by atoms with Crippen molar-refractivity contribution < 1.29 is 5.11 Å². The largest absolute Gasteiger partial charge is 0.386 e. The Labute approximate surface area is 121 Å². The molecule has 0 amide bonds. The Morgan fingerprint density at radius 3 is 2.58 bits per heavy atom. The minimum absolute atomic E-state index is 0.338. The normalized spacial score (nSPS) is 19.9. The van der Waals surface area contributed by atoms with Crippen molar-refractivity contribution in [2.75, 3.05) is 0 Å². The van der Waals surface area contributed by atoms with E-state index < -0.39 is 6.10 Å². The van der Waals surface area contributed by atoms with E-state index in [9.17, 15) is 5.11 Å². The van der Waals surface area contributed by atoms with Crippen molar-refractivity contribution in [2.24, 2.45) is 5.92 Å². The Hall–Kier alpha value is -0.540. The van der Waals surface area contributed by atoms with Crippen molar-refractivity contribution in [2.45, 2.75) is 70.9 Å². The van der Waals surface area contributed by atoms with Gasteiger partial charge in [-0.05, 0) is 25.2 Å². The molecule has 1 aliphatic carbocycles. The number of aryl methyl sites for hydroxylation is 1. The predicted molar refractivity (Wildman–Crippen MR) is 78.3 cm³/mol. The molecular formula is C15H25ClN2O. The smallest absolute Gasteiger partial charge is 0.0999 e. The first-order valence-corrected chi connectivity index (χ1v) is 8.01. The summed E-state index contributed by atoms with van der Waals surface area (Å²) >= 11 is 6.22. The number of halogens is 1. The van der Waals surface area contributed by atoms with Gasteiger partial charge in [0.15, 0.2) is 0 Å². The summed E-state index contributed by atoms with van der Waals surface area (Å²) in [6, 6.07) is 0. The third-order valence-electron chi connectivity index (χ3n) is 4.15. The zero-order valence-corrected chi connectivity index (χ0v) is 12.6. The molecule has 1 heterocycles. The molecule has 108 valence electrons. The third-order valence-corrected chi connectivity index (χ3v) is 4.44. The molecule has 0 aromatic carbocycles. The number of hydrogen-bond acceptors (Lipinski definition) is 2. The Morgan fingerprint density at radius 1 is 1.32 bits per heavy atom. The van der Waals surface area contributed by atoms with E-state index in [0.29, 0.717) is 10.9 Å². The number of rotatable bonds is 4. The lowest BCUT2D eigenvalue weighted by Crippen LogP contribution is -2.18. The van der Waals surface area contributed by atoms with E-state index in [0.717, 1.165) is 31.5 Å². The second kappa shape index (κ2) is 7.30. The van der Waals surface area contributed by atoms with Crippen LogP contribution in [0.2, 0.25) is 5.02 Å². The molecule has 1 fully saturated rings. The highest BCUT2D eigenvalue weighted by Crippen LogP contribution is 2.35. The number of aliphatic hydroxyl groups is 1. The molecule has 0 aliphatic heterocycles. The van der Waals surface area contributed by atoms with Gasteiger partial charge in [-0.3, -0.25) is 4.68 Å². The highest BCUT2D eigenvalue weighted by Gasteiger charge is 2.26. The Bertz CT molecular complexity index is 383. The minimum Gasteiger partial charge on any atom is -0.386 e. The van der Waals surface area contributed by atoms with Crippen LogP contribution < -0.4 is 0 Å². The molecular weight excluding hydrogens is 260 g/mol. The summed E-state index contributed by atoms with van der Waals surface area (Å²) in [5, 5.41) is 15.6. The minimum atomic E-state index is -0.459. The third kappa shape index (κ3) is 3.73. The van der Waals surface area contributed by atoms with Crippen LogP contribution in [-0.4, -0.2) is 14.9 Å². The van der Waals surface area contributed by atoms with Gasteiger partial charge in [0.2, 0.25) is 0 Å². The monoisotopic (exact) mass is 284 g/mol. The summed E-state index contributed by atoms with van der Waals surface area (Å²) in [5.74, 6) is 0.338. The first-order valence-electron chi connectivity index (χ1n) is 7.63. The molecule has 2 rings (SSSR count). The fourth-order valence-corrected chi connectivity index (χ4v) is 3.34. The average Bonchev–Trinajstić information content (AvgIpc) is 2.70. The number of aliphatic hydroxyl groups excluding tert-OH is 1. The van der Waals surface area contributed by atoms with Crippen molar-refractivity contribution in [3.8, 4) is 0 Å². The van der Waals surface area contributed by atoms with E-state index in [1.54, 1.807) is 6.20 Å². The van der Waals surface area contributed by atoms with E-state index in [1.807, 2.05) is 4.68 Å². The Morgan fingerprint density at radius 2 is 1.95 bits per heavy atom. The van der Waals surface area contributed by atoms with E-state index in [-0.39, 0.29) is 0 Å². The average molecular weight is 285 g/mol. The zero-order chi connectivity index (χ0) is 13.7. The van der Waals surface area contributed by atoms with Gasteiger partial charge in [0.05, 0.1) is 23.0 Å². The summed E-state index contributed by atoms with van der Waals surface area (Å²) in [4.78, 5) is 0. The standard InChI is InChI=1S/C15H25ClN2O/c1-2-10-18-14(13(16)11-17-18)15(19)12-8-6-4-3-5-7-9-12/h11-12,15,19H,2-10H2,1H3. The van der Waals surface area contributed by atoms with Crippen LogP contribution in [0.15, 0.2) is 6.20 Å². The van der Waals surface area contributed by atoms with Gasteiger partial charge in [-0.2, -0.15) is 5.10 Å². The fourth-order valence-electron chi connectivity index (χ4n) is 3.08. The highest BCUT2D eigenvalue weighted by molar-refractivity contribution is 6.31. The quantitative estimate of drug-likeness (QED) is 0.893. The molecule has 0 spiro atoms. The van der Waals surface area contributed by atoms with Crippen LogP contribution in [0.25, 0.3) is 0 Å². The first kappa shape index (κ1) is 14.9. The maximum Gasteiger partial charge on any atom is 0.0999 e. The van der Waals surface area contributed by atoms with Crippen molar-refractivity contribution in [3.05, 3.63) is 16.9 Å². The molecule has 1 atom stereocenters. The second-order valence-electron chi connectivity index (χ2n) is 5.65. The van der Waals surface area contributed by atoms with Gasteiger partial charge in [-0.15, -0.1) is 0 Å². The van der Waals surface area contributed by atoms with Gasteiger partial charge in [0.25, 0.3) is 0 Å². The van der Waals surface area contributed by atoms with E-state index in [1.165, 1.54) is 32.1 Å². The van der Waals surface area contributed by atoms with Crippen LogP contribution in [0.1, 0.15) is 70.1 Å². The second-order valence-corrected chi connectivity index (χ2v) is 6.06. The molecule has 4 heteroatoms. The molecule has 1 aromatic heterocycles. The van der Waals surface area contributed by atoms with E-state index >= 15 is 0 Å². The lowest BCUT2D eigenvalue weighted by atomic mass is 9.86.